The van der Waals surface area contributed by atoms with Crippen LogP contribution >= 0.6 is 27.7 Å². The average molecular weight is 361 g/mol. The SMILES string of the molecule is CCCNC(CCSc1ccc(Br)cn1)C(=O)OCC. The zero-order chi connectivity index (χ0) is 14.8. The molecule has 1 unspecified atom stereocenters. The van der Waals surface area contributed by atoms with Crippen molar-refractivity contribution in [1.29, 1.82) is 0 Å². The van der Waals surface area contributed by atoms with E-state index in [0.29, 0.717) is 6.61 Å². The lowest BCUT2D eigenvalue weighted by Crippen LogP contribution is -2.39. The number of aromatic nitrogens is 1. The van der Waals surface area contributed by atoms with E-state index in [1.165, 1.54) is 0 Å². The lowest BCUT2D eigenvalue weighted by atomic mass is 10.2. The van der Waals surface area contributed by atoms with Crippen LogP contribution in [-0.4, -0.2) is 35.9 Å². The van der Waals surface area contributed by atoms with Gasteiger partial charge in [-0.15, -0.1) is 11.8 Å². The maximum absolute atomic E-state index is 11.8. The smallest absolute Gasteiger partial charge is 0.323 e. The van der Waals surface area contributed by atoms with Gasteiger partial charge in [0.25, 0.3) is 0 Å². The molecule has 0 aliphatic heterocycles. The molecule has 0 fully saturated rings. The van der Waals surface area contributed by atoms with E-state index in [1.54, 1.807) is 18.0 Å². The van der Waals surface area contributed by atoms with Crippen LogP contribution in [0.2, 0.25) is 0 Å². The fourth-order valence-corrected chi connectivity index (χ4v) is 2.68. The fourth-order valence-electron chi connectivity index (χ4n) is 1.59. The number of nitrogens with one attached hydrogen (secondary N) is 1. The van der Waals surface area contributed by atoms with E-state index in [-0.39, 0.29) is 12.0 Å². The Hall–Kier alpha value is -0.590. The molecule has 1 rings (SSSR count). The number of esters is 1. The number of carbonyl (C=O) groups excluding carboxylic acids is 1. The number of nitrogens with zero attached hydrogens (tertiary/aromatic N) is 1. The molecule has 0 saturated carbocycles. The molecule has 1 aromatic heterocycles. The summed E-state index contributed by atoms with van der Waals surface area (Å²) in [7, 11) is 0. The van der Waals surface area contributed by atoms with E-state index in [0.717, 1.165) is 34.6 Å². The van der Waals surface area contributed by atoms with Crippen molar-refractivity contribution in [3.8, 4) is 0 Å². The quantitative estimate of drug-likeness (QED) is 0.541. The van der Waals surface area contributed by atoms with Gasteiger partial charge in [0.1, 0.15) is 6.04 Å². The molecule has 1 atom stereocenters. The summed E-state index contributed by atoms with van der Waals surface area (Å²) in [5, 5.41) is 4.20. The highest BCUT2D eigenvalue weighted by Gasteiger charge is 2.18. The van der Waals surface area contributed by atoms with Crippen LogP contribution in [0.3, 0.4) is 0 Å². The zero-order valence-corrected chi connectivity index (χ0v) is 14.3. The summed E-state index contributed by atoms with van der Waals surface area (Å²) in [5.41, 5.74) is 0. The van der Waals surface area contributed by atoms with Crippen LogP contribution in [0.25, 0.3) is 0 Å². The zero-order valence-electron chi connectivity index (χ0n) is 11.9. The first-order valence-corrected chi connectivity index (χ1v) is 8.59. The summed E-state index contributed by atoms with van der Waals surface area (Å²) in [6.07, 6.45) is 3.51. The van der Waals surface area contributed by atoms with Crippen molar-refractivity contribution in [1.82, 2.24) is 10.3 Å². The Kier molecular flexibility index (Phi) is 8.89. The lowest BCUT2D eigenvalue weighted by molar-refractivity contribution is -0.145. The summed E-state index contributed by atoms with van der Waals surface area (Å²) in [6.45, 7) is 5.15. The summed E-state index contributed by atoms with van der Waals surface area (Å²) >= 11 is 5.01. The number of thioether (sulfide) groups is 1. The topological polar surface area (TPSA) is 51.2 Å². The molecule has 0 radical (unpaired) electrons. The Morgan fingerprint density at radius 2 is 2.30 bits per heavy atom. The largest absolute Gasteiger partial charge is 0.465 e. The van der Waals surface area contributed by atoms with Crippen molar-refractivity contribution in [3.05, 3.63) is 22.8 Å². The van der Waals surface area contributed by atoms with Crippen molar-refractivity contribution >= 4 is 33.7 Å². The molecule has 1 aromatic rings. The maximum atomic E-state index is 11.8. The third-order valence-corrected chi connectivity index (χ3v) is 4.01. The van der Waals surface area contributed by atoms with E-state index in [2.05, 4.69) is 33.2 Å². The monoisotopic (exact) mass is 360 g/mol. The molecule has 20 heavy (non-hydrogen) atoms. The molecule has 0 amide bonds. The summed E-state index contributed by atoms with van der Waals surface area (Å²) in [5.74, 6) is 0.666. The number of hydrogen-bond acceptors (Lipinski definition) is 5. The lowest BCUT2D eigenvalue weighted by Gasteiger charge is -2.16. The third kappa shape index (κ3) is 6.72. The highest BCUT2D eigenvalue weighted by molar-refractivity contribution is 9.10. The van der Waals surface area contributed by atoms with Crippen LogP contribution in [0, 0.1) is 0 Å². The fraction of sp³-hybridized carbons (Fsp3) is 0.571. The first-order chi connectivity index (χ1) is 9.67. The van der Waals surface area contributed by atoms with Crippen LogP contribution in [0.5, 0.6) is 0 Å². The van der Waals surface area contributed by atoms with Crippen molar-refractivity contribution < 1.29 is 9.53 Å². The molecule has 1 N–H and O–H groups in total. The van der Waals surface area contributed by atoms with Crippen molar-refractivity contribution in [2.75, 3.05) is 18.9 Å². The summed E-state index contributed by atoms with van der Waals surface area (Å²) in [4.78, 5) is 16.1. The predicted molar refractivity (Wildman–Crippen MR) is 86.0 cm³/mol. The molecule has 0 aliphatic rings. The Bertz CT molecular complexity index is 401. The van der Waals surface area contributed by atoms with E-state index in [1.807, 2.05) is 19.1 Å². The van der Waals surface area contributed by atoms with Crippen molar-refractivity contribution in [3.63, 3.8) is 0 Å². The second-order valence-corrected chi connectivity index (χ2v) is 6.24. The first-order valence-electron chi connectivity index (χ1n) is 6.81. The van der Waals surface area contributed by atoms with Crippen LogP contribution < -0.4 is 5.32 Å². The Labute approximate surface area is 133 Å². The van der Waals surface area contributed by atoms with Gasteiger partial charge in [0.2, 0.25) is 0 Å². The molecule has 1 heterocycles. The predicted octanol–water partition coefficient (Wildman–Crippen LogP) is 3.26. The first kappa shape index (κ1) is 17.5. The van der Waals surface area contributed by atoms with Crippen LogP contribution in [0.15, 0.2) is 27.8 Å². The Morgan fingerprint density at radius 3 is 2.90 bits per heavy atom. The van der Waals surface area contributed by atoms with Gasteiger partial charge in [-0.05, 0) is 54.4 Å². The molecular weight excluding hydrogens is 340 g/mol. The summed E-state index contributed by atoms with van der Waals surface area (Å²) < 4.78 is 6.06. The van der Waals surface area contributed by atoms with Crippen LogP contribution in [0.4, 0.5) is 0 Å². The second-order valence-electron chi connectivity index (χ2n) is 4.21. The molecule has 0 aliphatic carbocycles. The molecule has 6 heteroatoms. The minimum atomic E-state index is -0.224. The van der Waals surface area contributed by atoms with Gasteiger partial charge in [-0.1, -0.05) is 6.92 Å². The standard InChI is InChI=1S/C14H21BrN2O2S/c1-3-8-16-12(14(18)19-4-2)7-9-20-13-6-5-11(15)10-17-13/h5-6,10,12,16H,3-4,7-9H2,1-2H3. The van der Waals surface area contributed by atoms with E-state index >= 15 is 0 Å². The Morgan fingerprint density at radius 1 is 1.50 bits per heavy atom. The van der Waals surface area contributed by atoms with Crippen LogP contribution in [-0.2, 0) is 9.53 Å². The number of halogens is 1. The van der Waals surface area contributed by atoms with Gasteiger partial charge in [-0.2, -0.15) is 0 Å². The van der Waals surface area contributed by atoms with Crippen LogP contribution in [0.1, 0.15) is 26.7 Å². The van der Waals surface area contributed by atoms with Crippen molar-refractivity contribution in [2.24, 2.45) is 0 Å². The second kappa shape index (κ2) is 10.2. The average Bonchev–Trinajstić information content (AvgIpc) is 2.44. The third-order valence-electron chi connectivity index (χ3n) is 2.57. The van der Waals surface area contributed by atoms with Gasteiger partial charge in [0, 0.05) is 16.4 Å². The molecule has 0 saturated heterocycles. The molecule has 0 bridgehead atoms. The number of ether oxygens (including phenoxy) is 1. The molecule has 112 valence electrons. The van der Waals surface area contributed by atoms with Gasteiger partial charge in [0.15, 0.2) is 0 Å². The maximum Gasteiger partial charge on any atom is 0.323 e. The Balaban J connectivity index is 2.40. The molecule has 4 nitrogen and oxygen atoms in total. The minimum absolute atomic E-state index is 0.162. The minimum Gasteiger partial charge on any atom is -0.465 e. The normalized spacial score (nSPS) is 12.2. The van der Waals surface area contributed by atoms with E-state index in [9.17, 15) is 4.79 Å². The van der Waals surface area contributed by atoms with E-state index in [4.69, 9.17) is 4.74 Å². The van der Waals surface area contributed by atoms with Gasteiger partial charge < -0.3 is 10.1 Å². The number of hydrogen-bond donors (Lipinski definition) is 1. The number of rotatable bonds is 9. The van der Waals surface area contributed by atoms with Gasteiger partial charge in [-0.3, -0.25) is 4.79 Å². The highest BCUT2D eigenvalue weighted by Crippen LogP contribution is 2.19. The van der Waals surface area contributed by atoms with E-state index < -0.39 is 0 Å². The summed E-state index contributed by atoms with van der Waals surface area (Å²) in [6, 6.07) is 3.71. The van der Waals surface area contributed by atoms with Crippen molar-refractivity contribution in [2.45, 2.75) is 37.8 Å². The number of carbonyl (C=O) groups is 1. The molecule has 0 spiro atoms. The van der Waals surface area contributed by atoms with Gasteiger partial charge >= 0.3 is 5.97 Å². The van der Waals surface area contributed by atoms with Gasteiger partial charge in [0.05, 0.1) is 11.6 Å². The van der Waals surface area contributed by atoms with Gasteiger partial charge in [-0.25, -0.2) is 4.98 Å². The molecular formula is C14H21BrN2O2S. The highest BCUT2D eigenvalue weighted by atomic mass is 79.9. The number of pyridine rings is 1. The molecule has 0 aromatic carbocycles.